The minimum Gasteiger partial charge on any atom is -0.489 e. The summed E-state index contributed by atoms with van der Waals surface area (Å²) < 4.78 is 5.59. The van der Waals surface area contributed by atoms with E-state index >= 15 is 0 Å². The first-order chi connectivity index (χ1) is 14.3. The third-order valence-corrected chi connectivity index (χ3v) is 5.14. The molecule has 2 atom stereocenters. The highest BCUT2D eigenvalue weighted by Crippen LogP contribution is 2.22. The fourth-order valence-electron chi connectivity index (χ4n) is 3.50. The van der Waals surface area contributed by atoms with E-state index in [1.54, 1.807) is 30.5 Å². The van der Waals surface area contributed by atoms with Gasteiger partial charge in [-0.3, -0.25) is 14.6 Å². The lowest BCUT2D eigenvalue weighted by molar-refractivity contribution is 0.0717. The summed E-state index contributed by atoms with van der Waals surface area (Å²) in [6.45, 7) is 5.66. The first-order valence-electron chi connectivity index (χ1n) is 10.4. The molecule has 0 saturated heterocycles. The first kappa shape index (κ1) is 21.8. The summed E-state index contributed by atoms with van der Waals surface area (Å²) in [4.78, 5) is 29.4. The molecule has 160 valence electrons. The van der Waals surface area contributed by atoms with Crippen molar-refractivity contribution in [3.63, 3.8) is 0 Å². The Kier molecular flexibility index (Phi) is 7.05. The molecule has 1 aliphatic carbocycles. The van der Waals surface area contributed by atoms with Gasteiger partial charge < -0.3 is 20.5 Å². The van der Waals surface area contributed by atoms with Crippen molar-refractivity contribution < 1.29 is 19.4 Å². The van der Waals surface area contributed by atoms with Crippen LogP contribution in [0.2, 0.25) is 0 Å². The van der Waals surface area contributed by atoms with Crippen LogP contribution in [0.1, 0.15) is 65.8 Å². The molecule has 1 saturated carbocycles. The van der Waals surface area contributed by atoms with E-state index < -0.39 is 6.10 Å². The number of nitrogens with zero attached hydrogens (tertiary/aromatic N) is 1. The largest absolute Gasteiger partial charge is 0.489 e. The summed E-state index contributed by atoms with van der Waals surface area (Å²) in [7, 11) is 0. The number of amides is 2. The standard InChI is InChI=1S/C23H29N3O4/c1-14(2)30-18-10-17(12-24-13-18)23(29)26-20-11-16(9-8-15(20)3)22(28)25-19-6-4-5-7-21(19)27/h8-14,19,21,27H,4-7H2,1-3H3,(H,25,28)(H,26,29)/t19-,21-/m0/s1. The van der Waals surface area contributed by atoms with Crippen molar-refractivity contribution in [3.05, 3.63) is 53.3 Å². The average Bonchev–Trinajstić information content (AvgIpc) is 2.71. The van der Waals surface area contributed by atoms with E-state index in [-0.39, 0.29) is 24.0 Å². The van der Waals surface area contributed by atoms with Crippen molar-refractivity contribution in [3.8, 4) is 5.75 Å². The molecule has 30 heavy (non-hydrogen) atoms. The number of hydrogen-bond acceptors (Lipinski definition) is 5. The van der Waals surface area contributed by atoms with Crippen LogP contribution >= 0.6 is 0 Å². The number of ether oxygens (including phenoxy) is 1. The number of aromatic nitrogens is 1. The van der Waals surface area contributed by atoms with Crippen LogP contribution in [0.3, 0.4) is 0 Å². The average molecular weight is 412 g/mol. The van der Waals surface area contributed by atoms with Gasteiger partial charge in [0.05, 0.1) is 30.0 Å². The van der Waals surface area contributed by atoms with Gasteiger partial charge >= 0.3 is 0 Å². The molecule has 0 spiro atoms. The Balaban J connectivity index is 1.72. The number of carbonyl (C=O) groups excluding carboxylic acids is 2. The highest BCUT2D eigenvalue weighted by atomic mass is 16.5. The first-order valence-corrected chi connectivity index (χ1v) is 10.4. The molecule has 1 aromatic heterocycles. The van der Waals surface area contributed by atoms with Crippen molar-refractivity contribution in [2.24, 2.45) is 0 Å². The Bertz CT molecular complexity index is 913. The van der Waals surface area contributed by atoms with Crippen LogP contribution in [0.25, 0.3) is 0 Å². The van der Waals surface area contributed by atoms with Crippen LogP contribution in [-0.4, -0.2) is 40.2 Å². The minimum absolute atomic E-state index is 0.0229. The van der Waals surface area contributed by atoms with E-state index in [0.717, 1.165) is 24.8 Å². The van der Waals surface area contributed by atoms with Crippen molar-refractivity contribution >= 4 is 17.5 Å². The van der Waals surface area contributed by atoms with E-state index in [0.29, 0.717) is 29.0 Å². The molecule has 2 aromatic rings. The molecular weight excluding hydrogens is 382 g/mol. The fourth-order valence-corrected chi connectivity index (χ4v) is 3.50. The smallest absolute Gasteiger partial charge is 0.257 e. The number of aliphatic hydroxyl groups excluding tert-OH is 1. The Labute approximate surface area is 176 Å². The topological polar surface area (TPSA) is 101 Å². The highest BCUT2D eigenvalue weighted by Gasteiger charge is 2.25. The third kappa shape index (κ3) is 5.57. The summed E-state index contributed by atoms with van der Waals surface area (Å²) in [5.74, 6) is -0.0703. The molecule has 1 aromatic carbocycles. The number of hydrogen-bond donors (Lipinski definition) is 3. The number of aliphatic hydroxyl groups is 1. The minimum atomic E-state index is -0.514. The number of pyridine rings is 1. The van der Waals surface area contributed by atoms with E-state index in [1.165, 1.54) is 6.20 Å². The van der Waals surface area contributed by atoms with E-state index in [2.05, 4.69) is 15.6 Å². The quantitative estimate of drug-likeness (QED) is 0.676. The van der Waals surface area contributed by atoms with Gasteiger partial charge in [0.2, 0.25) is 0 Å². The van der Waals surface area contributed by atoms with Crippen molar-refractivity contribution in [1.82, 2.24) is 10.3 Å². The summed E-state index contributed by atoms with van der Waals surface area (Å²) in [5, 5.41) is 15.9. The van der Waals surface area contributed by atoms with Crippen molar-refractivity contribution in [1.29, 1.82) is 0 Å². The van der Waals surface area contributed by atoms with Crippen molar-refractivity contribution in [2.45, 2.75) is 64.7 Å². The molecule has 2 amide bonds. The monoisotopic (exact) mass is 411 g/mol. The van der Waals surface area contributed by atoms with Gasteiger partial charge in [-0.25, -0.2) is 0 Å². The molecule has 7 heteroatoms. The van der Waals surface area contributed by atoms with E-state index in [9.17, 15) is 14.7 Å². The van der Waals surface area contributed by atoms with Gasteiger partial charge in [0, 0.05) is 17.4 Å². The van der Waals surface area contributed by atoms with Gasteiger partial charge in [-0.1, -0.05) is 18.9 Å². The normalized spacial score (nSPS) is 18.7. The summed E-state index contributed by atoms with van der Waals surface area (Å²) in [6.07, 6.45) is 5.94. The van der Waals surface area contributed by atoms with Crippen LogP contribution in [0.5, 0.6) is 5.75 Å². The second-order valence-electron chi connectivity index (χ2n) is 7.99. The van der Waals surface area contributed by atoms with Gasteiger partial charge in [0.25, 0.3) is 11.8 Å². The van der Waals surface area contributed by atoms with Gasteiger partial charge in [-0.2, -0.15) is 0 Å². The van der Waals surface area contributed by atoms with Crippen LogP contribution in [0, 0.1) is 6.92 Å². The molecule has 3 N–H and O–H groups in total. The zero-order chi connectivity index (χ0) is 21.7. The van der Waals surface area contributed by atoms with Crippen LogP contribution in [0.15, 0.2) is 36.7 Å². The Morgan fingerprint density at radius 1 is 1.10 bits per heavy atom. The van der Waals surface area contributed by atoms with Crippen LogP contribution < -0.4 is 15.4 Å². The maximum absolute atomic E-state index is 12.7. The fraction of sp³-hybridized carbons (Fsp3) is 0.435. The lowest BCUT2D eigenvalue weighted by Crippen LogP contribution is -2.45. The maximum Gasteiger partial charge on any atom is 0.257 e. The van der Waals surface area contributed by atoms with Crippen LogP contribution in [0.4, 0.5) is 5.69 Å². The molecule has 0 aliphatic heterocycles. The van der Waals surface area contributed by atoms with Gasteiger partial charge in [0.1, 0.15) is 5.75 Å². The zero-order valence-electron chi connectivity index (χ0n) is 17.6. The maximum atomic E-state index is 12.7. The number of rotatable bonds is 6. The van der Waals surface area contributed by atoms with Crippen LogP contribution in [-0.2, 0) is 0 Å². The number of carbonyl (C=O) groups is 2. The van der Waals surface area contributed by atoms with E-state index in [1.807, 2.05) is 20.8 Å². The number of anilines is 1. The molecule has 0 bridgehead atoms. The molecule has 1 fully saturated rings. The summed E-state index contributed by atoms with van der Waals surface area (Å²) in [6, 6.07) is 6.56. The summed E-state index contributed by atoms with van der Waals surface area (Å²) in [5.41, 5.74) is 2.18. The van der Waals surface area contributed by atoms with E-state index in [4.69, 9.17) is 4.74 Å². The molecule has 0 radical (unpaired) electrons. The molecule has 0 unspecified atom stereocenters. The SMILES string of the molecule is Cc1ccc(C(=O)N[C@H]2CCCC[C@@H]2O)cc1NC(=O)c1cncc(OC(C)C)c1. The molecule has 1 heterocycles. The van der Waals surface area contributed by atoms with Gasteiger partial charge in [0.15, 0.2) is 0 Å². The zero-order valence-corrected chi connectivity index (χ0v) is 17.6. The van der Waals surface area contributed by atoms with Crippen molar-refractivity contribution in [2.75, 3.05) is 5.32 Å². The Morgan fingerprint density at radius 2 is 1.87 bits per heavy atom. The highest BCUT2D eigenvalue weighted by molar-refractivity contribution is 6.05. The second kappa shape index (κ2) is 9.71. The predicted octanol–water partition coefficient (Wildman–Crippen LogP) is 3.46. The number of nitrogens with one attached hydrogen (secondary N) is 2. The number of aryl methyl sites for hydroxylation is 1. The molecule has 1 aliphatic rings. The Morgan fingerprint density at radius 3 is 2.60 bits per heavy atom. The molecule has 7 nitrogen and oxygen atoms in total. The summed E-state index contributed by atoms with van der Waals surface area (Å²) >= 11 is 0. The number of benzene rings is 1. The molecule has 3 rings (SSSR count). The predicted molar refractivity (Wildman–Crippen MR) is 115 cm³/mol. The Hall–Kier alpha value is -2.93. The lowest BCUT2D eigenvalue weighted by atomic mass is 9.92. The van der Waals surface area contributed by atoms with Gasteiger partial charge in [-0.05, 0) is 57.4 Å². The van der Waals surface area contributed by atoms with Gasteiger partial charge in [-0.15, -0.1) is 0 Å². The lowest BCUT2D eigenvalue weighted by Gasteiger charge is -2.28. The second-order valence-corrected chi connectivity index (χ2v) is 7.99. The molecular formula is C23H29N3O4. The third-order valence-electron chi connectivity index (χ3n) is 5.14.